The normalized spacial score (nSPS) is 12.7. The average molecular weight is 370 g/mol. The number of amides is 1. The van der Waals surface area contributed by atoms with Crippen molar-refractivity contribution < 1.29 is 23.1 Å². The van der Waals surface area contributed by atoms with E-state index in [0.29, 0.717) is 5.56 Å². The molecule has 3 N–H and O–H groups in total. The molecule has 0 aliphatic heterocycles. The van der Waals surface area contributed by atoms with Crippen LogP contribution in [0.5, 0.6) is 0 Å². The maximum Gasteiger partial charge on any atom is 0.303 e. The number of aliphatic carboxylic acids is 1. The van der Waals surface area contributed by atoms with E-state index in [0.717, 1.165) is 0 Å². The fourth-order valence-corrected chi connectivity index (χ4v) is 3.53. The van der Waals surface area contributed by atoms with E-state index in [-0.39, 0.29) is 23.6 Å². The SMILES string of the molecule is CC(C)(C)NS(=O)(=O)c1ccc(C(=O)NC(C)(C)CCC(=O)O)cc1. The molecular weight excluding hydrogens is 344 g/mol. The summed E-state index contributed by atoms with van der Waals surface area (Å²) in [6, 6.07) is 5.60. The van der Waals surface area contributed by atoms with Crippen LogP contribution in [-0.2, 0) is 14.8 Å². The minimum Gasteiger partial charge on any atom is -0.481 e. The smallest absolute Gasteiger partial charge is 0.303 e. The highest BCUT2D eigenvalue weighted by Crippen LogP contribution is 2.16. The van der Waals surface area contributed by atoms with E-state index < -0.39 is 27.1 Å². The largest absolute Gasteiger partial charge is 0.481 e. The summed E-state index contributed by atoms with van der Waals surface area (Å²) in [7, 11) is -3.66. The molecule has 1 aromatic carbocycles. The maximum absolute atomic E-state index is 12.3. The summed E-state index contributed by atoms with van der Waals surface area (Å²) in [5.74, 6) is -1.31. The van der Waals surface area contributed by atoms with Gasteiger partial charge in [-0.25, -0.2) is 13.1 Å². The summed E-state index contributed by atoms with van der Waals surface area (Å²) in [5, 5.41) is 11.5. The lowest BCUT2D eigenvalue weighted by Crippen LogP contribution is -2.43. The van der Waals surface area contributed by atoms with E-state index in [1.165, 1.54) is 24.3 Å². The molecule has 0 bridgehead atoms. The molecule has 0 fully saturated rings. The van der Waals surface area contributed by atoms with Gasteiger partial charge in [-0.15, -0.1) is 0 Å². The molecule has 0 spiro atoms. The summed E-state index contributed by atoms with van der Waals surface area (Å²) in [6.07, 6.45) is 0.235. The lowest BCUT2D eigenvalue weighted by Gasteiger charge is -2.25. The lowest BCUT2D eigenvalue weighted by molar-refractivity contribution is -0.137. The zero-order chi connectivity index (χ0) is 19.5. The van der Waals surface area contributed by atoms with Crippen LogP contribution in [-0.4, -0.2) is 36.5 Å². The molecule has 0 unspecified atom stereocenters. The van der Waals surface area contributed by atoms with Gasteiger partial charge in [-0.2, -0.15) is 0 Å². The van der Waals surface area contributed by atoms with Gasteiger partial charge < -0.3 is 10.4 Å². The number of nitrogens with one attached hydrogen (secondary N) is 2. The quantitative estimate of drug-likeness (QED) is 0.681. The van der Waals surface area contributed by atoms with E-state index in [4.69, 9.17) is 5.11 Å². The number of hydrogen-bond acceptors (Lipinski definition) is 4. The van der Waals surface area contributed by atoms with Gasteiger partial charge >= 0.3 is 5.97 Å². The Labute approximate surface area is 148 Å². The van der Waals surface area contributed by atoms with Crippen LogP contribution in [0.2, 0.25) is 0 Å². The number of sulfonamides is 1. The van der Waals surface area contributed by atoms with Crippen LogP contribution >= 0.6 is 0 Å². The van der Waals surface area contributed by atoms with Crippen molar-refractivity contribution in [3.8, 4) is 0 Å². The Hall–Kier alpha value is -1.93. The summed E-state index contributed by atoms with van der Waals surface area (Å²) in [5.41, 5.74) is -0.991. The highest BCUT2D eigenvalue weighted by Gasteiger charge is 2.24. The topological polar surface area (TPSA) is 113 Å². The van der Waals surface area contributed by atoms with Crippen molar-refractivity contribution >= 4 is 21.9 Å². The molecule has 7 nitrogen and oxygen atoms in total. The van der Waals surface area contributed by atoms with Gasteiger partial charge in [0, 0.05) is 23.1 Å². The fraction of sp³-hybridized carbons (Fsp3) is 0.529. The minimum absolute atomic E-state index is 0.0526. The van der Waals surface area contributed by atoms with Crippen LogP contribution in [0.1, 0.15) is 57.8 Å². The molecule has 140 valence electrons. The molecule has 0 atom stereocenters. The van der Waals surface area contributed by atoms with Gasteiger partial charge in [0.1, 0.15) is 0 Å². The van der Waals surface area contributed by atoms with E-state index in [1.54, 1.807) is 34.6 Å². The first-order valence-electron chi connectivity index (χ1n) is 7.90. The van der Waals surface area contributed by atoms with Crippen molar-refractivity contribution in [2.45, 2.75) is 63.4 Å². The highest BCUT2D eigenvalue weighted by molar-refractivity contribution is 7.89. The average Bonchev–Trinajstić information content (AvgIpc) is 2.42. The van der Waals surface area contributed by atoms with Crippen LogP contribution in [0, 0.1) is 0 Å². The number of benzene rings is 1. The monoisotopic (exact) mass is 370 g/mol. The first-order valence-corrected chi connectivity index (χ1v) is 9.39. The van der Waals surface area contributed by atoms with Gasteiger partial charge in [-0.1, -0.05) is 0 Å². The van der Waals surface area contributed by atoms with Gasteiger partial charge in [-0.3, -0.25) is 9.59 Å². The third-order valence-corrected chi connectivity index (χ3v) is 5.06. The van der Waals surface area contributed by atoms with Crippen molar-refractivity contribution in [3.05, 3.63) is 29.8 Å². The van der Waals surface area contributed by atoms with Gasteiger partial charge in [-0.05, 0) is 65.3 Å². The molecule has 1 aromatic rings. The number of carboxylic acid groups (broad SMARTS) is 1. The molecule has 0 saturated carbocycles. The Morgan fingerprint density at radius 1 is 1.04 bits per heavy atom. The third-order valence-electron chi connectivity index (χ3n) is 3.28. The molecule has 1 amide bonds. The van der Waals surface area contributed by atoms with Gasteiger partial charge in [0.15, 0.2) is 0 Å². The second-order valence-corrected chi connectivity index (χ2v) is 9.29. The Morgan fingerprint density at radius 2 is 1.56 bits per heavy atom. The van der Waals surface area contributed by atoms with Gasteiger partial charge in [0.05, 0.1) is 4.90 Å². The van der Waals surface area contributed by atoms with E-state index in [9.17, 15) is 18.0 Å². The van der Waals surface area contributed by atoms with E-state index >= 15 is 0 Å². The van der Waals surface area contributed by atoms with Crippen molar-refractivity contribution in [3.63, 3.8) is 0 Å². The zero-order valence-electron chi connectivity index (χ0n) is 15.2. The molecule has 8 heteroatoms. The van der Waals surface area contributed by atoms with Crippen molar-refractivity contribution in [1.82, 2.24) is 10.0 Å². The molecule has 0 radical (unpaired) electrons. The maximum atomic E-state index is 12.3. The molecule has 1 rings (SSSR count). The fourth-order valence-electron chi connectivity index (χ4n) is 2.11. The standard InChI is InChI=1S/C17H26N2O5S/c1-16(2,3)19-25(23,24)13-8-6-12(7-9-13)15(22)18-17(4,5)11-10-14(20)21/h6-9,19H,10-11H2,1-5H3,(H,18,22)(H,20,21). The van der Waals surface area contributed by atoms with Crippen LogP contribution < -0.4 is 10.0 Å². The Balaban J connectivity index is 2.85. The predicted molar refractivity (Wildman–Crippen MR) is 94.9 cm³/mol. The molecule has 25 heavy (non-hydrogen) atoms. The Morgan fingerprint density at radius 3 is 2.00 bits per heavy atom. The summed E-state index contributed by atoms with van der Waals surface area (Å²) in [6.45, 7) is 8.70. The van der Waals surface area contributed by atoms with E-state index in [2.05, 4.69) is 10.0 Å². The molecule has 0 aliphatic rings. The van der Waals surface area contributed by atoms with Crippen LogP contribution in [0.25, 0.3) is 0 Å². The van der Waals surface area contributed by atoms with E-state index in [1.807, 2.05) is 0 Å². The number of hydrogen-bond donors (Lipinski definition) is 3. The third kappa shape index (κ3) is 7.23. The van der Waals surface area contributed by atoms with Crippen molar-refractivity contribution in [2.75, 3.05) is 0 Å². The summed E-state index contributed by atoms with van der Waals surface area (Å²) < 4.78 is 27.0. The second kappa shape index (κ2) is 7.53. The zero-order valence-corrected chi connectivity index (χ0v) is 16.0. The number of carbonyl (C=O) groups excluding carboxylic acids is 1. The molecular formula is C17H26N2O5S. The Bertz CT molecular complexity index is 731. The first kappa shape index (κ1) is 21.1. The molecule has 0 heterocycles. The van der Waals surface area contributed by atoms with Gasteiger partial charge in [0.2, 0.25) is 10.0 Å². The summed E-state index contributed by atoms with van der Waals surface area (Å²) in [4.78, 5) is 23.0. The van der Waals surface area contributed by atoms with Crippen molar-refractivity contribution in [1.29, 1.82) is 0 Å². The predicted octanol–water partition coefficient (Wildman–Crippen LogP) is 2.14. The van der Waals surface area contributed by atoms with Crippen LogP contribution in [0.15, 0.2) is 29.2 Å². The summed E-state index contributed by atoms with van der Waals surface area (Å²) >= 11 is 0. The number of carboxylic acids is 1. The Kier molecular flexibility index (Phi) is 6.36. The second-order valence-electron chi connectivity index (χ2n) is 7.61. The first-order chi connectivity index (χ1) is 11.2. The van der Waals surface area contributed by atoms with Crippen molar-refractivity contribution in [2.24, 2.45) is 0 Å². The van der Waals surface area contributed by atoms with Gasteiger partial charge in [0.25, 0.3) is 5.91 Å². The highest BCUT2D eigenvalue weighted by atomic mass is 32.2. The molecule has 0 aromatic heterocycles. The number of rotatable bonds is 7. The van der Waals surface area contributed by atoms with Crippen LogP contribution in [0.4, 0.5) is 0 Å². The minimum atomic E-state index is -3.66. The molecule has 0 saturated heterocycles. The lowest BCUT2D eigenvalue weighted by atomic mass is 9.98. The molecule has 0 aliphatic carbocycles. The van der Waals surface area contributed by atoms with Crippen LogP contribution in [0.3, 0.4) is 0 Å². The number of carbonyl (C=O) groups is 2.